The van der Waals surface area contributed by atoms with Crippen LogP contribution in [-0.4, -0.2) is 38.3 Å². The van der Waals surface area contributed by atoms with Crippen molar-refractivity contribution in [2.45, 2.75) is 13.0 Å². The minimum absolute atomic E-state index is 0.153. The molecule has 0 spiro atoms. The van der Waals surface area contributed by atoms with Gasteiger partial charge in [-0.25, -0.2) is 0 Å². The monoisotopic (exact) mass is 434 g/mol. The van der Waals surface area contributed by atoms with E-state index in [1.807, 2.05) is 53.1 Å². The molecule has 0 fully saturated rings. The molecule has 0 unspecified atom stereocenters. The molecule has 32 heavy (non-hydrogen) atoms. The highest BCUT2D eigenvalue weighted by molar-refractivity contribution is 5.97. The lowest BCUT2D eigenvalue weighted by molar-refractivity contribution is 0.0945. The number of furan rings is 1. The summed E-state index contributed by atoms with van der Waals surface area (Å²) in [4.78, 5) is 13.0. The number of ether oxygens (including phenoxy) is 3. The van der Waals surface area contributed by atoms with Crippen LogP contribution in [0.25, 0.3) is 11.1 Å². The van der Waals surface area contributed by atoms with E-state index in [4.69, 9.17) is 18.6 Å². The Morgan fingerprint density at radius 1 is 0.938 bits per heavy atom. The third kappa shape index (κ3) is 4.42. The molecule has 1 N–H and O–H groups in total. The molecule has 166 valence electrons. The number of carbonyl (C=O) groups is 1. The Hall–Kier alpha value is -3.87. The second-order valence-corrected chi connectivity index (χ2v) is 7.33. The van der Waals surface area contributed by atoms with Crippen molar-refractivity contribution in [1.82, 2.24) is 9.88 Å². The Bertz CT molecular complexity index is 1220. The number of nitrogens with zero attached hydrogens (tertiary/aromatic N) is 1. The third-order valence-electron chi connectivity index (χ3n) is 5.38. The zero-order chi connectivity index (χ0) is 22.5. The first-order valence-corrected chi connectivity index (χ1v) is 10.3. The van der Waals surface area contributed by atoms with Gasteiger partial charge in [0.1, 0.15) is 11.4 Å². The summed E-state index contributed by atoms with van der Waals surface area (Å²) in [6.07, 6.45) is 2.30. The molecule has 0 bridgehead atoms. The Morgan fingerprint density at radius 3 is 2.56 bits per heavy atom. The predicted octanol–water partition coefficient (Wildman–Crippen LogP) is 4.28. The average Bonchev–Trinajstić information content (AvgIpc) is 3.41. The van der Waals surface area contributed by atoms with Gasteiger partial charge in [0.2, 0.25) is 0 Å². The van der Waals surface area contributed by atoms with Crippen LogP contribution in [0.2, 0.25) is 0 Å². The second kappa shape index (κ2) is 9.51. The predicted molar refractivity (Wildman–Crippen MR) is 122 cm³/mol. The lowest BCUT2D eigenvalue weighted by Gasteiger charge is -2.12. The molecule has 4 aromatic rings. The fourth-order valence-corrected chi connectivity index (χ4v) is 3.74. The maximum absolute atomic E-state index is 13.0. The van der Waals surface area contributed by atoms with Gasteiger partial charge in [-0.05, 0) is 41.8 Å². The Kier molecular flexibility index (Phi) is 6.35. The first kappa shape index (κ1) is 21.4. The number of amides is 1. The molecule has 2 aromatic heterocycles. The first-order valence-electron chi connectivity index (χ1n) is 10.3. The van der Waals surface area contributed by atoms with Crippen molar-refractivity contribution >= 4 is 17.0 Å². The van der Waals surface area contributed by atoms with E-state index >= 15 is 0 Å². The van der Waals surface area contributed by atoms with E-state index in [0.717, 1.165) is 22.4 Å². The van der Waals surface area contributed by atoms with Crippen LogP contribution in [0.5, 0.6) is 17.2 Å². The van der Waals surface area contributed by atoms with E-state index in [0.29, 0.717) is 42.3 Å². The smallest absolute Gasteiger partial charge is 0.268 e. The summed E-state index contributed by atoms with van der Waals surface area (Å²) in [6, 6.07) is 17.2. The van der Waals surface area contributed by atoms with Crippen LogP contribution >= 0.6 is 0 Å². The van der Waals surface area contributed by atoms with Gasteiger partial charge in [-0.1, -0.05) is 18.2 Å². The molecule has 0 aliphatic rings. The quantitative estimate of drug-likeness (QED) is 0.426. The lowest BCUT2D eigenvalue weighted by Crippen LogP contribution is -2.28. The van der Waals surface area contributed by atoms with Crippen molar-refractivity contribution in [2.24, 2.45) is 0 Å². The fraction of sp³-hybridized carbons (Fsp3) is 0.240. The maximum atomic E-state index is 13.0. The molecule has 1 amide bonds. The zero-order valence-electron chi connectivity index (χ0n) is 18.4. The van der Waals surface area contributed by atoms with Gasteiger partial charge >= 0.3 is 0 Å². The van der Waals surface area contributed by atoms with E-state index in [-0.39, 0.29) is 5.91 Å². The van der Waals surface area contributed by atoms with Gasteiger partial charge in [-0.3, -0.25) is 4.79 Å². The number of methoxy groups -OCH3 is 3. The average molecular weight is 434 g/mol. The van der Waals surface area contributed by atoms with E-state index in [1.54, 1.807) is 33.7 Å². The molecule has 7 nitrogen and oxygen atoms in total. The number of nitrogens with one attached hydrogen (secondary N) is 1. The van der Waals surface area contributed by atoms with Crippen LogP contribution in [0.15, 0.2) is 65.3 Å². The Balaban J connectivity index is 1.49. The second-order valence-electron chi connectivity index (χ2n) is 7.33. The summed E-state index contributed by atoms with van der Waals surface area (Å²) in [5, 5.41) is 3.01. The largest absolute Gasteiger partial charge is 0.497 e. The van der Waals surface area contributed by atoms with Crippen molar-refractivity contribution in [1.29, 1.82) is 0 Å². The molecule has 0 aliphatic heterocycles. The van der Waals surface area contributed by atoms with Gasteiger partial charge in [0.25, 0.3) is 5.91 Å². The summed E-state index contributed by atoms with van der Waals surface area (Å²) in [7, 11) is 4.85. The van der Waals surface area contributed by atoms with Crippen LogP contribution in [0, 0.1) is 0 Å². The van der Waals surface area contributed by atoms with Crippen molar-refractivity contribution in [3.8, 4) is 17.2 Å². The number of rotatable bonds is 9. The summed E-state index contributed by atoms with van der Waals surface area (Å²) >= 11 is 0. The maximum Gasteiger partial charge on any atom is 0.268 e. The van der Waals surface area contributed by atoms with E-state index < -0.39 is 0 Å². The topological polar surface area (TPSA) is 74.9 Å². The van der Waals surface area contributed by atoms with Gasteiger partial charge in [0, 0.05) is 25.2 Å². The minimum atomic E-state index is -0.153. The number of fused-ring (bicyclic) bond motifs is 1. The van der Waals surface area contributed by atoms with Gasteiger partial charge in [0.05, 0.1) is 33.1 Å². The third-order valence-corrected chi connectivity index (χ3v) is 5.38. The summed E-state index contributed by atoms with van der Waals surface area (Å²) in [5.74, 6) is 1.97. The van der Waals surface area contributed by atoms with Crippen LogP contribution in [0.3, 0.4) is 0 Å². The van der Waals surface area contributed by atoms with Crippen molar-refractivity contribution in [3.05, 3.63) is 77.7 Å². The summed E-state index contributed by atoms with van der Waals surface area (Å²) < 4.78 is 23.5. The molecule has 0 radical (unpaired) electrons. The van der Waals surface area contributed by atoms with E-state index in [1.165, 1.54) is 0 Å². The van der Waals surface area contributed by atoms with Crippen molar-refractivity contribution < 1.29 is 23.4 Å². The van der Waals surface area contributed by atoms with Gasteiger partial charge in [-0.2, -0.15) is 0 Å². The standard InChI is InChI=1S/C25H26N2O5/c1-29-19-6-4-5-18(13-19)16-27-20-10-12-32-23(20)15-21(27)25(28)26-11-9-17-7-8-22(30-2)24(14-17)31-3/h4-8,10,12-15H,9,11,16H2,1-3H3,(H,26,28). The number of carbonyl (C=O) groups excluding carboxylic acids is 1. The van der Waals surface area contributed by atoms with Crippen molar-refractivity contribution in [2.75, 3.05) is 27.9 Å². The number of benzene rings is 2. The number of hydrogen-bond acceptors (Lipinski definition) is 5. The first-order chi connectivity index (χ1) is 15.6. The number of hydrogen-bond donors (Lipinski definition) is 1. The Morgan fingerprint density at radius 2 is 1.78 bits per heavy atom. The molecule has 2 heterocycles. The fourth-order valence-electron chi connectivity index (χ4n) is 3.74. The van der Waals surface area contributed by atoms with Crippen LogP contribution in [-0.2, 0) is 13.0 Å². The lowest BCUT2D eigenvalue weighted by atomic mass is 10.1. The van der Waals surface area contributed by atoms with E-state index in [2.05, 4.69) is 5.32 Å². The Labute approximate surface area is 186 Å². The summed E-state index contributed by atoms with van der Waals surface area (Å²) in [5.41, 5.74) is 4.18. The molecular formula is C25H26N2O5. The number of aromatic nitrogens is 1. The minimum Gasteiger partial charge on any atom is -0.497 e. The highest BCUT2D eigenvalue weighted by atomic mass is 16.5. The van der Waals surface area contributed by atoms with Crippen molar-refractivity contribution in [3.63, 3.8) is 0 Å². The molecular weight excluding hydrogens is 408 g/mol. The van der Waals surface area contributed by atoms with Crippen LogP contribution in [0.4, 0.5) is 0 Å². The van der Waals surface area contributed by atoms with Crippen LogP contribution < -0.4 is 19.5 Å². The molecule has 0 saturated heterocycles. The SMILES string of the molecule is COc1cccc(Cn2c(C(=O)NCCc3ccc(OC)c(OC)c3)cc3occc32)c1. The normalized spacial score (nSPS) is 10.8. The molecule has 0 aliphatic carbocycles. The highest BCUT2D eigenvalue weighted by Crippen LogP contribution is 2.28. The molecule has 0 saturated carbocycles. The molecule has 7 heteroatoms. The highest BCUT2D eigenvalue weighted by Gasteiger charge is 2.18. The molecule has 0 atom stereocenters. The van der Waals surface area contributed by atoms with Gasteiger partial charge in [0.15, 0.2) is 17.1 Å². The van der Waals surface area contributed by atoms with E-state index in [9.17, 15) is 4.79 Å². The zero-order valence-corrected chi connectivity index (χ0v) is 18.4. The van der Waals surface area contributed by atoms with Gasteiger partial charge < -0.3 is 28.5 Å². The van der Waals surface area contributed by atoms with Gasteiger partial charge in [-0.15, -0.1) is 0 Å². The molecule has 4 rings (SSSR count). The summed E-state index contributed by atoms with van der Waals surface area (Å²) in [6.45, 7) is 1.01. The van der Waals surface area contributed by atoms with Crippen LogP contribution in [0.1, 0.15) is 21.6 Å². The molecule has 2 aromatic carbocycles.